The first-order chi connectivity index (χ1) is 12.1. The zero-order valence-electron chi connectivity index (χ0n) is 13.9. The van der Waals surface area contributed by atoms with Crippen LogP contribution >= 0.6 is 11.8 Å². The fraction of sp³-hybridized carbons (Fsp3) is 0.190. The maximum absolute atomic E-state index is 14.5. The highest BCUT2D eigenvalue weighted by Gasteiger charge is 2.18. The molecule has 25 heavy (non-hydrogen) atoms. The summed E-state index contributed by atoms with van der Waals surface area (Å²) in [4.78, 5) is 12.2. The zero-order chi connectivity index (χ0) is 17.8. The van der Waals surface area contributed by atoms with Crippen molar-refractivity contribution in [1.82, 2.24) is 0 Å². The molecule has 0 bridgehead atoms. The maximum Gasteiger partial charge on any atom is 0.307 e. The number of carbonyl (C=O) groups is 1. The van der Waals surface area contributed by atoms with Crippen LogP contribution in [0.25, 0.3) is 21.9 Å². The van der Waals surface area contributed by atoms with Gasteiger partial charge in [0.2, 0.25) is 0 Å². The summed E-state index contributed by atoms with van der Waals surface area (Å²) in [6.07, 6.45) is 0.574. The number of carboxylic acid groups (broad SMARTS) is 1. The van der Waals surface area contributed by atoms with Crippen LogP contribution < -0.4 is 0 Å². The van der Waals surface area contributed by atoms with Crippen LogP contribution in [0.1, 0.15) is 13.3 Å². The number of rotatable bonds is 6. The van der Waals surface area contributed by atoms with Crippen molar-refractivity contribution in [2.45, 2.75) is 18.2 Å². The quantitative estimate of drug-likeness (QED) is 0.564. The van der Waals surface area contributed by atoms with Gasteiger partial charge in [-0.15, -0.1) is 11.8 Å². The lowest BCUT2D eigenvalue weighted by Gasteiger charge is -2.15. The molecule has 2 nitrogen and oxygen atoms in total. The fourth-order valence-electron chi connectivity index (χ4n) is 2.87. The van der Waals surface area contributed by atoms with Crippen molar-refractivity contribution in [2.24, 2.45) is 5.92 Å². The molecule has 0 aromatic heterocycles. The number of thioether (sulfide) groups is 1. The summed E-state index contributed by atoms with van der Waals surface area (Å²) in [6, 6.07) is 18.6. The molecule has 3 aromatic rings. The van der Waals surface area contributed by atoms with Crippen LogP contribution in [-0.4, -0.2) is 16.8 Å². The van der Waals surface area contributed by atoms with Gasteiger partial charge in [0.05, 0.1) is 5.92 Å². The van der Waals surface area contributed by atoms with Crippen molar-refractivity contribution >= 4 is 28.5 Å². The van der Waals surface area contributed by atoms with E-state index in [9.17, 15) is 14.3 Å². The number of hydrogen-bond donors (Lipinski definition) is 1. The Hall–Kier alpha value is -2.33. The standard InChI is InChI=1S/C21H19FO2S/c1-2-14(21(23)24)13-25-19-12-11-15-7-3-4-8-16(15)20(19)17-9-5-6-10-18(17)22/h3-12,14H,2,13H2,1H3,(H,23,24). The molecule has 0 aliphatic carbocycles. The first kappa shape index (κ1) is 17.5. The smallest absolute Gasteiger partial charge is 0.307 e. The van der Waals surface area contributed by atoms with Gasteiger partial charge in [-0.05, 0) is 29.3 Å². The van der Waals surface area contributed by atoms with Crippen molar-refractivity contribution in [3.8, 4) is 11.1 Å². The summed E-state index contributed by atoms with van der Waals surface area (Å²) >= 11 is 1.48. The molecule has 0 spiro atoms. The summed E-state index contributed by atoms with van der Waals surface area (Å²) in [6.45, 7) is 1.87. The van der Waals surface area contributed by atoms with E-state index in [2.05, 4.69) is 0 Å². The second kappa shape index (κ2) is 7.70. The number of carboxylic acids is 1. The molecule has 0 aliphatic heterocycles. The van der Waals surface area contributed by atoms with Gasteiger partial charge in [0.1, 0.15) is 5.82 Å². The summed E-state index contributed by atoms with van der Waals surface area (Å²) < 4.78 is 14.5. The van der Waals surface area contributed by atoms with Gasteiger partial charge in [0, 0.05) is 21.8 Å². The van der Waals surface area contributed by atoms with E-state index in [1.807, 2.05) is 49.4 Å². The fourth-order valence-corrected chi connectivity index (χ4v) is 4.16. The van der Waals surface area contributed by atoms with E-state index in [0.29, 0.717) is 17.7 Å². The van der Waals surface area contributed by atoms with E-state index in [1.54, 1.807) is 12.1 Å². The van der Waals surface area contributed by atoms with E-state index in [-0.39, 0.29) is 5.82 Å². The highest BCUT2D eigenvalue weighted by Crippen LogP contribution is 2.39. The Bertz CT molecular complexity index is 907. The highest BCUT2D eigenvalue weighted by atomic mass is 32.2. The molecule has 0 heterocycles. The zero-order valence-corrected chi connectivity index (χ0v) is 14.7. The topological polar surface area (TPSA) is 37.3 Å². The molecular formula is C21H19FO2S. The molecule has 1 atom stereocenters. The second-order valence-corrected chi connectivity index (χ2v) is 6.96. The normalized spacial score (nSPS) is 12.2. The first-order valence-electron chi connectivity index (χ1n) is 8.24. The van der Waals surface area contributed by atoms with Crippen LogP contribution in [0.4, 0.5) is 4.39 Å². The third kappa shape index (κ3) is 3.69. The van der Waals surface area contributed by atoms with Gasteiger partial charge in [-0.3, -0.25) is 4.79 Å². The first-order valence-corrected chi connectivity index (χ1v) is 9.22. The molecule has 1 N–H and O–H groups in total. The van der Waals surface area contributed by atoms with Crippen LogP contribution in [0.5, 0.6) is 0 Å². The molecule has 0 saturated carbocycles. The lowest BCUT2D eigenvalue weighted by Crippen LogP contribution is -2.15. The summed E-state index contributed by atoms with van der Waals surface area (Å²) in [7, 11) is 0. The minimum atomic E-state index is -0.789. The van der Waals surface area contributed by atoms with Gasteiger partial charge in [-0.25, -0.2) is 4.39 Å². The minimum Gasteiger partial charge on any atom is -0.481 e. The molecule has 0 radical (unpaired) electrons. The van der Waals surface area contributed by atoms with Crippen LogP contribution in [0, 0.1) is 11.7 Å². The van der Waals surface area contributed by atoms with Crippen LogP contribution in [0.15, 0.2) is 65.6 Å². The molecule has 3 rings (SSSR count). The Morgan fingerprint density at radius 2 is 1.80 bits per heavy atom. The lowest BCUT2D eigenvalue weighted by molar-refractivity contribution is -0.140. The minimum absolute atomic E-state index is 0.272. The Morgan fingerprint density at radius 1 is 1.08 bits per heavy atom. The Labute approximate surface area is 150 Å². The third-order valence-corrected chi connectivity index (χ3v) is 5.54. The lowest BCUT2D eigenvalue weighted by atomic mass is 9.98. The van der Waals surface area contributed by atoms with Gasteiger partial charge >= 0.3 is 5.97 Å². The predicted octanol–water partition coefficient (Wildman–Crippen LogP) is 5.85. The monoisotopic (exact) mass is 354 g/mol. The van der Waals surface area contributed by atoms with E-state index in [0.717, 1.165) is 21.2 Å². The van der Waals surface area contributed by atoms with Crippen molar-refractivity contribution in [3.05, 3.63) is 66.5 Å². The molecular weight excluding hydrogens is 335 g/mol. The van der Waals surface area contributed by atoms with E-state index < -0.39 is 11.9 Å². The van der Waals surface area contributed by atoms with E-state index in [1.165, 1.54) is 17.8 Å². The predicted molar refractivity (Wildman–Crippen MR) is 101 cm³/mol. The Balaban J connectivity index is 2.11. The summed E-state index contributed by atoms with van der Waals surface area (Å²) in [5, 5.41) is 11.3. The summed E-state index contributed by atoms with van der Waals surface area (Å²) in [5.74, 6) is -1.01. The number of hydrogen-bond acceptors (Lipinski definition) is 2. The van der Waals surface area contributed by atoms with Gasteiger partial charge < -0.3 is 5.11 Å². The molecule has 0 fully saturated rings. The van der Waals surface area contributed by atoms with Crippen LogP contribution in [-0.2, 0) is 4.79 Å². The van der Waals surface area contributed by atoms with Gasteiger partial charge in [-0.1, -0.05) is 55.5 Å². The van der Waals surface area contributed by atoms with Crippen molar-refractivity contribution in [3.63, 3.8) is 0 Å². The molecule has 0 saturated heterocycles. The average molecular weight is 354 g/mol. The molecule has 128 valence electrons. The summed E-state index contributed by atoms with van der Waals surface area (Å²) in [5.41, 5.74) is 1.38. The number of halogens is 1. The highest BCUT2D eigenvalue weighted by molar-refractivity contribution is 7.99. The second-order valence-electron chi connectivity index (χ2n) is 5.89. The molecule has 0 aliphatic rings. The number of aliphatic carboxylic acids is 1. The maximum atomic E-state index is 14.5. The van der Waals surface area contributed by atoms with E-state index in [4.69, 9.17) is 0 Å². The van der Waals surface area contributed by atoms with Crippen molar-refractivity contribution in [1.29, 1.82) is 0 Å². The Morgan fingerprint density at radius 3 is 2.52 bits per heavy atom. The van der Waals surface area contributed by atoms with Crippen molar-refractivity contribution < 1.29 is 14.3 Å². The Kier molecular flexibility index (Phi) is 5.39. The number of fused-ring (bicyclic) bond motifs is 1. The average Bonchev–Trinajstić information content (AvgIpc) is 2.62. The van der Waals surface area contributed by atoms with Crippen LogP contribution in [0.2, 0.25) is 0 Å². The SMILES string of the molecule is CCC(CSc1ccc2ccccc2c1-c1ccccc1F)C(=O)O. The largest absolute Gasteiger partial charge is 0.481 e. The van der Waals surface area contributed by atoms with Crippen molar-refractivity contribution in [2.75, 3.05) is 5.75 Å². The molecule has 3 aromatic carbocycles. The van der Waals surface area contributed by atoms with E-state index >= 15 is 0 Å². The molecule has 0 amide bonds. The van der Waals surface area contributed by atoms with Gasteiger partial charge in [0.15, 0.2) is 0 Å². The molecule has 1 unspecified atom stereocenters. The third-order valence-electron chi connectivity index (χ3n) is 4.32. The van der Waals surface area contributed by atoms with Crippen LogP contribution in [0.3, 0.4) is 0 Å². The molecule has 4 heteroatoms. The van der Waals surface area contributed by atoms with Gasteiger partial charge in [0.25, 0.3) is 0 Å². The number of benzene rings is 3. The van der Waals surface area contributed by atoms with Gasteiger partial charge in [-0.2, -0.15) is 0 Å².